The number of pyridine rings is 1. The van der Waals surface area contributed by atoms with Crippen molar-refractivity contribution in [3.8, 4) is 0 Å². The van der Waals surface area contributed by atoms with Crippen LogP contribution in [0.15, 0.2) is 18.5 Å². The third kappa shape index (κ3) is 3.33. The number of anilines is 2. The third-order valence-electron chi connectivity index (χ3n) is 2.48. The number of alkyl halides is 1. The molecule has 0 bridgehead atoms. The van der Waals surface area contributed by atoms with Crippen molar-refractivity contribution in [3.05, 3.63) is 18.5 Å². The lowest BCUT2D eigenvalue weighted by Gasteiger charge is -2.23. The van der Waals surface area contributed by atoms with Crippen LogP contribution in [-0.2, 0) is 4.79 Å². The molecule has 0 atom stereocenters. The normalized spacial score (nSPS) is 11.1. The maximum Gasteiger partial charge on any atom is 0.231 e. The minimum Gasteiger partial charge on any atom is -0.376 e. The second-order valence-corrected chi connectivity index (χ2v) is 5.03. The second-order valence-electron chi connectivity index (χ2n) is 4.76. The van der Waals surface area contributed by atoms with Gasteiger partial charge in [0.1, 0.15) is 0 Å². The van der Waals surface area contributed by atoms with Crippen LogP contribution in [0, 0.1) is 5.41 Å². The van der Waals surface area contributed by atoms with Crippen LogP contribution in [0.4, 0.5) is 11.4 Å². The molecule has 0 radical (unpaired) electrons. The van der Waals surface area contributed by atoms with E-state index in [1.54, 1.807) is 26.2 Å². The van der Waals surface area contributed by atoms with Gasteiger partial charge in [-0.3, -0.25) is 9.78 Å². The molecule has 0 saturated carbocycles. The quantitative estimate of drug-likeness (QED) is 0.840. The minimum atomic E-state index is -0.596. The third-order valence-corrected chi connectivity index (χ3v) is 3.14. The smallest absolute Gasteiger partial charge is 0.231 e. The number of nitrogens with zero attached hydrogens (tertiary/aromatic N) is 2. The van der Waals surface area contributed by atoms with Gasteiger partial charge in [0.2, 0.25) is 5.91 Å². The summed E-state index contributed by atoms with van der Waals surface area (Å²) in [7, 11) is 3.83. The topological polar surface area (TPSA) is 45.2 Å². The number of halogens is 1. The summed E-state index contributed by atoms with van der Waals surface area (Å²) in [5, 5.41) is 2.86. The van der Waals surface area contributed by atoms with Gasteiger partial charge < -0.3 is 10.2 Å². The van der Waals surface area contributed by atoms with E-state index in [1.807, 2.05) is 25.1 Å². The molecule has 0 spiro atoms. The minimum absolute atomic E-state index is 0.108. The van der Waals surface area contributed by atoms with E-state index in [1.165, 1.54) is 0 Å². The molecule has 0 saturated heterocycles. The first kappa shape index (κ1) is 13.8. The maximum atomic E-state index is 12.0. The number of aromatic nitrogens is 1. The molecule has 1 heterocycles. The number of rotatable bonds is 4. The molecule has 1 aromatic heterocycles. The van der Waals surface area contributed by atoms with Crippen LogP contribution in [0.5, 0.6) is 0 Å². The SMILES string of the molecule is CN(C)c1ccncc1NC(=O)C(C)(C)CCl. The van der Waals surface area contributed by atoms with Gasteiger partial charge in [0, 0.05) is 26.2 Å². The second kappa shape index (κ2) is 5.36. The Hall–Kier alpha value is -1.29. The summed E-state index contributed by atoms with van der Waals surface area (Å²) < 4.78 is 0. The Morgan fingerprint density at radius 2 is 2.18 bits per heavy atom. The van der Waals surface area contributed by atoms with E-state index in [0.717, 1.165) is 5.69 Å². The Morgan fingerprint density at radius 3 is 2.71 bits per heavy atom. The Kier molecular flexibility index (Phi) is 4.34. The van der Waals surface area contributed by atoms with E-state index < -0.39 is 5.41 Å². The highest BCUT2D eigenvalue weighted by Crippen LogP contribution is 2.25. The van der Waals surface area contributed by atoms with Crippen LogP contribution in [-0.4, -0.2) is 30.9 Å². The lowest BCUT2D eigenvalue weighted by atomic mass is 9.95. The number of amides is 1. The van der Waals surface area contributed by atoms with Crippen LogP contribution < -0.4 is 10.2 Å². The number of hydrogen-bond donors (Lipinski definition) is 1. The fourth-order valence-corrected chi connectivity index (χ4v) is 1.35. The highest BCUT2D eigenvalue weighted by molar-refractivity contribution is 6.20. The molecule has 4 nitrogen and oxygen atoms in total. The van der Waals surface area contributed by atoms with E-state index in [9.17, 15) is 4.79 Å². The molecule has 1 amide bonds. The summed E-state index contributed by atoms with van der Waals surface area (Å²) >= 11 is 5.77. The van der Waals surface area contributed by atoms with Crippen molar-refractivity contribution in [2.24, 2.45) is 5.41 Å². The van der Waals surface area contributed by atoms with Gasteiger partial charge in [-0.15, -0.1) is 11.6 Å². The number of carbonyl (C=O) groups is 1. The van der Waals surface area contributed by atoms with E-state index in [0.29, 0.717) is 5.69 Å². The summed E-state index contributed by atoms with van der Waals surface area (Å²) in [6.45, 7) is 3.61. The zero-order valence-electron chi connectivity index (χ0n) is 10.6. The van der Waals surface area contributed by atoms with E-state index >= 15 is 0 Å². The first-order chi connectivity index (χ1) is 7.88. The molecule has 1 rings (SSSR count). The Balaban J connectivity index is 2.93. The molecular formula is C12H18ClN3O. The lowest BCUT2D eigenvalue weighted by molar-refractivity contribution is -0.122. The standard InChI is InChI=1S/C12H18ClN3O/c1-12(2,8-13)11(17)15-9-7-14-6-5-10(9)16(3)4/h5-7H,8H2,1-4H3,(H,15,17). The monoisotopic (exact) mass is 255 g/mol. The van der Waals surface area contributed by atoms with Gasteiger partial charge in [-0.2, -0.15) is 0 Å². The molecule has 17 heavy (non-hydrogen) atoms. The Morgan fingerprint density at radius 1 is 1.53 bits per heavy atom. The summed E-state index contributed by atoms with van der Waals surface area (Å²) in [6.07, 6.45) is 3.33. The van der Waals surface area contributed by atoms with E-state index in [-0.39, 0.29) is 11.8 Å². The highest BCUT2D eigenvalue weighted by atomic mass is 35.5. The van der Waals surface area contributed by atoms with Crippen LogP contribution >= 0.6 is 11.6 Å². The first-order valence-electron chi connectivity index (χ1n) is 5.37. The van der Waals surface area contributed by atoms with Gasteiger partial charge in [-0.25, -0.2) is 0 Å². The predicted octanol–water partition coefficient (Wildman–Crippen LogP) is 2.35. The van der Waals surface area contributed by atoms with Crippen LogP contribution in [0.25, 0.3) is 0 Å². The molecule has 0 aromatic carbocycles. The van der Waals surface area contributed by atoms with Gasteiger partial charge in [0.25, 0.3) is 0 Å². The van der Waals surface area contributed by atoms with Crippen LogP contribution in [0.1, 0.15) is 13.8 Å². The maximum absolute atomic E-state index is 12.0. The number of hydrogen-bond acceptors (Lipinski definition) is 3. The van der Waals surface area contributed by atoms with Crippen molar-refractivity contribution in [3.63, 3.8) is 0 Å². The molecule has 0 aliphatic rings. The molecule has 94 valence electrons. The zero-order valence-corrected chi connectivity index (χ0v) is 11.4. The summed E-state index contributed by atoms with van der Waals surface area (Å²) in [6, 6.07) is 1.85. The van der Waals surface area contributed by atoms with Crippen molar-refractivity contribution >= 4 is 28.9 Å². The Bertz CT molecular complexity index is 404. The average molecular weight is 256 g/mol. The molecule has 0 unspecified atom stereocenters. The van der Waals surface area contributed by atoms with Crippen molar-refractivity contribution in [1.29, 1.82) is 0 Å². The lowest BCUT2D eigenvalue weighted by Crippen LogP contribution is -2.32. The van der Waals surface area contributed by atoms with Gasteiger partial charge in [0.15, 0.2) is 0 Å². The molecule has 1 N–H and O–H groups in total. The molecule has 0 aliphatic carbocycles. The highest BCUT2D eigenvalue weighted by Gasteiger charge is 2.27. The predicted molar refractivity (Wildman–Crippen MR) is 71.7 cm³/mol. The summed E-state index contributed by atoms with van der Waals surface area (Å²) in [5.41, 5.74) is 1.01. The molecule has 0 fully saturated rings. The number of carbonyl (C=O) groups excluding carboxylic acids is 1. The van der Waals surface area contributed by atoms with Gasteiger partial charge in [-0.05, 0) is 19.9 Å². The number of nitrogens with one attached hydrogen (secondary N) is 1. The molecule has 1 aromatic rings. The van der Waals surface area contributed by atoms with Crippen LogP contribution in [0.3, 0.4) is 0 Å². The van der Waals surface area contributed by atoms with Crippen molar-refractivity contribution in [1.82, 2.24) is 4.98 Å². The van der Waals surface area contributed by atoms with E-state index in [4.69, 9.17) is 11.6 Å². The van der Waals surface area contributed by atoms with Crippen molar-refractivity contribution < 1.29 is 4.79 Å². The van der Waals surface area contributed by atoms with Gasteiger partial charge in [0.05, 0.1) is 23.0 Å². The fourth-order valence-electron chi connectivity index (χ4n) is 1.23. The van der Waals surface area contributed by atoms with E-state index in [2.05, 4.69) is 10.3 Å². The summed E-state index contributed by atoms with van der Waals surface area (Å²) in [5.74, 6) is 0.166. The molecule has 5 heteroatoms. The average Bonchev–Trinajstić information content (AvgIpc) is 2.29. The fraction of sp³-hybridized carbons (Fsp3) is 0.500. The van der Waals surface area contributed by atoms with Crippen molar-refractivity contribution in [2.75, 3.05) is 30.2 Å². The molecule has 0 aliphatic heterocycles. The van der Waals surface area contributed by atoms with Crippen LogP contribution in [0.2, 0.25) is 0 Å². The summed E-state index contributed by atoms with van der Waals surface area (Å²) in [4.78, 5) is 17.9. The van der Waals surface area contributed by atoms with Gasteiger partial charge >= 0.3 is 0 Å². The Labute approximate surface area is 107 Å². The zero-order chi connectivity index (χ0) is 13.1. The first-order valence-corrected chi connectivity index (χ1v) is 5.90. The molecular weight excluding hydrogens is 238 g/mol. The van der Waals surface area contributed by atoms with Crippen molar-refractivity contribution in [2.45, 2.75) is 13.8 Å². The van der Waals surface area contributed by atoms with Gasteiger partial charge in [-0.1, -0.05) is 0 Å². The largest absolute Gasteiger partial charge is 0.376 e.